The summed E-state index contributed by atoms with van der Waals surface area (Å²) < 4.78 is 17.6. The topological polar surface area (TPSA) is 94.3 Å². The molecule has 0 aliphatic carbocycles. The molecule has 0 aromatic carbocycles. The van der Waals surface area contributed by atoms with Gasteiger partial charge in [0.1, 0.15) is 10.3 Å². The Morgan fingerprint density at radius 3 is 2.80 bits per heavy atom. The Labute approximate surface area is 183 Å². The van der Waals surface area contributed by atoms with E-state index in [4.69, 9.17) is 18.7 Å². The second-order valence-electron chi connectivity index (χ2n) is 6.92. The van der Waals surface area contributed by atoms with Crippen molar-refractivity contribution in [3.8, 4) is 0 Å². The Hall–Kier alpha value is -2.17. The van der Waals surface area contributed by atoms with Crippen LogP contribution in [0.1, 0.15) is 43.7 Å². The molecule has 0 bridgehead atoms. The molecule has 2 aromatic heterocycles. The van der Waals surface area contributed by atoms with Crippen LogP contribution in [0.4, 0.5) is 10.5 Å². The van der Waals surface area contributed by atoms with Gasteiger partial charge in [-0.15, -0.1) is 0 Å². The number of ether oxygens (including phenoxy) is 2. The van der Waals surface area contributed by atoms with Crippen molar-refractivity contribution in [1.82, 2.24) is 10.0 Å². The van der Waals surface area contributed by atoms with Crippen molar-refractivity contribution in [2.24, 2.45) is 0 Å². The van der Waals surface area contributed by atoms with E-state index in [9.17, 15) is 9.59 Å². The number of furan rings is 1. The monoisotopic (exact) mass is 483 g/mol. The molecule has 9 nitrogen and oxygen atoms in total. The van der Waals surface area contributed by atoms with E-state index < -0.39 is 12.0 Å². The van der Waals surface area contributed by atoms with Crippen LogP contribution in [0.2, 0.25) is 0 Å². The first-order valence-electron chi connectivity index (χ1n) is 9.88. The maximum atomic E-state index is 13.1. The minimum Gasteiger partial charge on any atom is -0.449 e. The second kappa shape index (κ2) is 9.76. The first-order valence-corrected chi connectivity index (χ1v) is 10.7. The first-order chi connectivity index (χ1) is 14.4. The number of amides is 2. The zero-order chi connectivity index (χ0) is 21.8. The van der Waals surface area contributed by atoms with Crippen LogP contribution in [0.3, 0.4) is 0 Å². The third kappa shape index (κ3) is 4.45. The lowest BCUT2D eigenvalue weighted by atomic mass is 9.99. The van der Waals surface area contributed by atoms with Gasteiger partial charge in [0.25, 0.3) is 0 Å². The lowest BCUT2D eigenvalue weighted by Crippen LogP contribution is -2.46. The number of halogens is 1. The minimum atomic E-state index is -0.538. The molecular weight excluding hydrogens is 458 g/mol. The number of anilines is 1. The van der Waals surface area contributed by atoms with E-state index in [1.54, 1.807) is 13.0 Å². The van der Waals surface area contributed by atoms with Crippen molar-refractivity contribution in [2.75, 3.05) is 32.3 Å². The number of carbonyl (C=O) groups is 2. The zero-order valence-electron chi connectivity index (χ0n) is 17.5. The molecule has 0 unspecified atom stereocenters. The number of fused-ring (bicyclic) bond motifs is 1. The third-order valence-corrected chi connectivity index (χ3v) is 5.57. The van der Waals surface area contributed by atoms with Crippen LogP contribution < -0.4 is 4.90 Å². The number of hydrogen-bond acceptors (Lipinski definition) is 7. The molecule has 1 aliphatic heterocycles. The van der Waals surface area contributed by atoms with Crippen molar-refractivity contribution in [3.05, 3.63) is 22.6 Å². The molecule has 2 amide bonds. The molecule has 1 saturated heterocycles. The van der Waals surface area contributed by atoms with Crippen molar-refractivity contribution in [1.29, 1.82) is 0 Å². The fourth-order valence-electron chi connectivity index (χ4n) is 3.57. The van der Waals surface area contributed by atoms with Gasteiger partial charge in [-0.25, -0.2) is 14.8 Å². The zero-order valence-corrected chi connectivity index (χ0v) is 19.1. The Balaban J connectivity index is 2.19. The summed E-state index contributed by atoms with van der Waals surface area (Å²) in [6, 6.07) is 1.51. The summed E-state index contributed by atoms with van der Waals surface area (Å²) >= 11 is 3.36. The summed E-state index contributed by atoms with van der Waals surface area (Å²) in [4.78, 5) is 36.9. The molecule has 0 spiro atoms. The highest BCUT2D eigenvalue weighted by molar-refractivity contribution is 9.10. The van der Waals surface area contributed by atoms with E-state index in [2.05, 4.69) is 20.9 Å². The Bertz CT molecular complexity index is 917. The van der Waals surface area contributed by atoms with Gasteiger partial charge in [-0.05, 0) is 48.2 Å². The highest BCUT2D eigenvalue weighted by Gasteiger charge is 2.38. The molecule has 0 radical (unpaired) electrons. The van der Waals surface area contributed by atoms with Gasteiger partial charge in [-0.1, -0.05) is 6.92 Å². The highest BCUT2D eigenvalue weighted by atomic mass is 79.9. The average molecular weight is 484 g/mol. The van der Waals surface area contributed by atoms with Crippen LogP contribution in [0.5, 0.6) is 0 Å². The molecular formula is C20H26BrN3O6. The largest absolute Gasteiger partial charge is 0.449 e. The fraction of sp³-hybridized carbons (Fsp3) is 0.550. The van der Waals surface area contributed by atoms with Crippen molar-refractivity contribution in [3.63, 3.8) is 0 Å². The highest BCUT2D eigenvalue weighted by Crippen LogP contribution is 2.39. The maximum Gasteiger partial charge on any atom is 0.414 e. The predicted molar refractivity (Wildman–Crippen MR) is 113 cm³/mol. The van der Waals surface area contributed by atoms with E-state index in [1.165, 1.54) is 25.3 Å². The van der Waals surface area contributed by atoms with Crippen LogP contribution in [0.25, 0.3) is 11.0 Å². The van der Waals surface area contributed by atoms with Crippen molar-refractivity contribution in [2.45, 2.75) is 45.3 Å². The van der Waals surface area contributed by atoms with Crippen LogP contribution in [-0.4, -0.2) is 61.6 Å². The smallest absolute Gasteiger partial charge is 0.414 e. The Kier molecular flexibility index (Phi) is 7.32. The SMILES string of the molecule is CCOC(=O)N(c1c(C(=O)N(C)OC)oc2cnc(Br)cc12)[C@@H]1CCO[C@H](CC)C1. The molecule has 2 aromatic rings. The summed E-state index contributed by atoms with van der Waals surface area (Å²) in [5.74, 6) is -0.532. The van der Waals surface area contributed by atoms with Crippen LogP contribution in [-0.2, 0) is 14.3 Å². The van der Waals surface area contributed by atoms with Gasteiger partial charge in [0.2, 0.25) is 5.76 Å². The van der Waals surface area contributed by atoms with Crippen LogP contribution >= 0.6 is 15.9 Å². The standard InChI is InChI=1S/C20H26BrN3O6/c1-5-13-9-12(7-8-29-13)24(20(26)28-6-2)17-14-10-16(21)22-11-15(14)30-18(17)19(25)23(3)27-4/h10-13H,5-9H2,1-4H3/t12-,13-/m1/s1. The summed E-state index contributed by atoms with van der Waals surface area (Å²) in [7, 11) is 2.86. The average Bonchev–Trinajstić information content (AvgIpc) is 3.11. The lowest BCUT2D eigenvalue weighted by Gasteiger charge is -2.36. The van der Waals surface area contributed by atoms with Gasteiger partial charge in [0, 0.05) is 25.1 Å². The number of aromatic nitrogens is 1. The second-order valence-corrected chi connectivity index (χ2v) is 7.73. The Morgan fingerprint density at radius 2 is 2.13 bits per heavy atom. The number of pyridine rings is 1. The van der Waals surface area contributed by atoms with Gasteiger partial charge in [0.15, 0.2) is 5.58 Å². The summed E-state index contributed by atoms with van der Waals surface area (Å²) in [6.07, 6.45) is 3.06. The summed E-state index contributed by atoms with van der Waals surface area (Å²) in [6.45, 7) is 4.51. The van der Waals surface area contributed by atoms with E-state index >= 15 is 0 Å². The maximum absolute atomic E-state index is 13.1. The van der Waals surface area contributed by atoms with E-state index in [-0.39, 0.29) is 24.5 Å². The van der Waals surface area contributed by atoms with E-state index in [0.29, 0.717) is 40.7 Å². The molecule has 10 heteroatoms. The molecule has 0 N–H and O–H groups in total. The predicted octanol–water partition coefficient (Wildman–Crippen LogP) is 4.14. The van der Waals surface area contributed by atoms with E-state index in [0.717, 1.165) is 11.5 Å². The molecule has 164 valence electrons. The number of hydroxylamine groups is 2. The summed E-state index contributed by atoms with van der Waals surface area (Å²) in [5.41, 5.74) is 0.733. The number of carbonyl (C=O) groups excluding carboxylic acids is 2. The molecule has 0 saturated carbocycles. The van der Waals surface area contributed by atoms with Crippen LogP contribution in [0.15, 0.2) is 21.3 Å². The number of hydrogen-bond donors (Lipinski definition) is 0. The molecule has 30 heavy (non-hydrogen) atoms. The summed E-state index contributed by atoms with van der Waals surface area (Å²) in [5, 5.41) is 1.63. The first kappa shape index (κ1) is 22.5. The normalized spacial score (nSPS) is 19.0. The van der Waals surface area contributed by atoms with Gasteiger partial charge < -0.3 is 13.9 Å². The molecule has 1 aliphatic rings. The lowest BCUT2D eigenvalue weighted by molar-refractivity contribution is -0.0772. The molecule has 3 rings (SSSR count). The Morgan fingerprint density at radius 1 is 1.37 bits per heavy atom. The van der Waals surface area contributed by atoms with Gasteiger partial charge in [0.05, 0.1) is 26.0 Å². The van der Waals surface area contributed by atoms with Gasteiger partial charge in [-0.2, -0.15) is 0 Å². The van der Waals surface area contributed by atoms with Crippen LogP contribution in [0, 0.1) is 0 Å². The van der Waals surface area contributed by atoms with Crippen molar-refractivity contribution >= 4 is 44.6 Å². The molecule has 3 heterocycles. The van der Waals surface area contributed by atoms with Gasteiger partial charge in [-0.3, -0.25) is 14.5 Å². The van der Waals surface area contributed by atoms with Gasteiger partial charge >= 0.3 is 12.0 Å². The number of nitrogens with zero attached hydrogens (tertiary/aromatic N) is 3. The van der Waals surface area contributed by atoms with E-state index in [1.807, 2.05) is 6.92 Å². The molecule has 2 atom stereocenters. The molecule has 1 fully saturated rings. The minimum absolute atomic E-state index is 0.0122. The fourth-order valence-corrected chi connectivity index (χ4v) is 3.90. The quantitative estimate of drug-likeness (QED) is 0.449. The third-order valence-electron chi connectivity index (χ3n) is 5.14. The van der Waals surface area contributed by atoms with Crippen molar-refractivity contribution < 1.29 is 28.3 Å². The number of rotatable bonds is 6.